The molecule has 1 aliphatic carbocycles. The van der Waals surface area contributed by atoms with Crippen LogP contribution in [0.25, 0.3) is 11.1 Å². The zero-order valence-electron chi connectivity index (χ0n) is 14.5. The Morgan fingerprint density at radius 3 is 2.19 bits per heavy atom. The second kappa shape index (κ2) is 6.37. The van der Waals surface area contributed by atoms with E-state index in [-0.39, 0.29) is 16.8 Å². The third kappa shape index (κ3) is 3.30. The van der Waals surface area contributed by atoms with Crippen LogP contribution in [0.15, 0.2) is 53.4 Å². The molecule has 2 aromatic carbocycles. The van der Waals surface area contributed by atoms with Crippen molar-refractivity contribution in [1.82, 2.24) is 10.0 Å². The van der Waals surface area contributed by atoms with E-state index in [4.69, 9.17) is 0 Å². The summed E-state index contributed by atoms with van der Waals surface area (Å²) >= 11 is 0. The van der Waals surface area contributed by atoms with Crippen LogP contribution >= 0.6 is 0 Å². The van der Waals surface area contributed by atoms with Gasteiger partial charge < -0.3 is 5.32 Å². The molecule has 0 saturated heterocycles. The van der Waals surface area contributed by atoms with Crippen molar-refractivity contribution in [2.75, 3.05) is 6.54 Å². The Morgan fingerprint density at radius 2 is 1.58 bits per heavy atom. The van der Waals surface area contributed by atoms with Crippen molar-refractivity contribution in [2.24, 2.45) is 0 Å². The van der Waals surface area contributed by atoms with Gasteiger partial charge in [-0.1, -0.05) is 42.0 Å². The highest BCUT2D eigenvalue weighted by molar-refractivity contribution is 7.89. The number of aryl methyl sites for hydroxylation is 1. The molecule has 1 aliphatic heterocycles. The van der Waals surface area contributed by atoms with E-state index in [2.05, 4.69) is 10.0 Å². The number of nitrogens with one attached hydrogen (secondary N) is 2. The maximum absolute atomic E-state index is 12.3. The minimum absolute atomic E-state index is 0.0761. The smallest absolute Gasteiger partial charge is 0.252 e. The summed E-state index contributed by atoms with van der Waals surface area (Å²) in [5, 5.41) is 2.87. The van der Waals surface area contributed by atoms with E-state index < -0.39 is 10.0 Å². The summed E-state index contributed by atoms with van der Waals surface area (Å²) in [7, 11) is -3.47. The van der Waals surface area contributed by atoms with Gasteiger partial charge in [-0.3, -0.25) is 4.79 Å². The first kappa shape index (κ1) is 17.0. The van der Waals surface area contributed by atoms with Crippen LogP contribution in [0.5, 0.6) is 0 Å². The Kier molecular flexibility index (Phi) is 4.17. The summed E-state index contributed by atoms with van der Waals surface area (Å²) in [5.74, 6) is -0.101. The van der Waals surface area contributed by atoms with Gasteiger partial charge in [0, 0.05) is 12.6 Å². The third-order valence-electron chi connectivity index (χ3n) is 4.71. The molecule has 0 radical (unpaired) electrons. The van der Waals surface area contributed by atoms with Gasteiger partial charge in [0.1, 0.15) is 0 Å². The van der Waals surface area contributed by atoms with Crippen molar-refractivity contribution in [3.05, 3.63) is 65.2 Å². The minimum atomic E-state index is -3.47. The van der Waals surface area contributed by atoms with Crippen molar-refractivity contribution >= 4 is 27.1 Å². The molecule has 0 aromatic heterocycles. The van der Waals surface area contributed by atoms with Crippen molar-refractivity contribution in [1.29, 1.82) is 0 Å². The summed E-state index contributed by atoms with van der Waals surface area (Å²) in [5.41, 5.74) is 4.39. The molecule has 2 aliphatic rings. The lowest BCUT2D eigenvalue weighted by Crippen LogP contribution is -2.25. The molecule has 1 heterocycles. The molecule has 1 fully saturated rings. The lowest BCUT2D eigenvalue weighted by Gasteiger charge is -2.09. The molecule has 6 heteroatoms. The Hall–Kier alpha value is -2.44. The van der Waals surface area contributed by atoms with E-state index >= 15 is 0 Å². The number of sulfonamides is 1. The fourth-order valence-electron chi connectivity index (χ4n) is 3.08. The monoisotopic (exact) mass is 368 g/mol. The Labute approximate surface area is 153 Å². The molecule has 1 amide bonds. The maximum Gasteiger partial charge on any atom is 0.252 e. The first-order valence-electron chi connectivity index (χ1n) is 8.65. The molecule has 0 unspecified atom stereocenters. The van der Waals surface area contributed by atoms with E-state index in [1.165, 1.54) is 0 Å². The quantitative estimate of drug-likeness (QED) is 0.851. The van der Waals surface area contributed by atoms with Gasteiger partial charge in [0.15, 0.2) is 0 Å². The Balaban J connectivity index is 1.69. The molecule has 26 heavy (non-hydrogen) atoms. The molecule has 4 rings (SSSR count). The van der Waals surface area contributed by atoms with Gasteiger partial charge in [-0.2, -0.15) is 0 Å². The van der Waals surface area contributed by atoms with Gasteiger partial charge in [0.25, 0.3) is 5.91 Å². The lowest BCUT2D eigenvalue weighted by atomic mass is 9.96. The van der Waals surface area contributed by atoms with E-state index in [0.717, 1.165) is 35.1 Å². The standard InChI is InChI=1S/C20H20N2O3S/c1-13-2-4-15(5-3-13)19-18(12-21-20(19)23)14-6-10-17(11-7-14)26(24,25)22-16-8-9-16/h2-7,10-11,16,22H,8-9,12H2,1H3,(H,21,23). The van der Waals surface area contributed by atoms with E-state index in [1.807, 2.05) is 31.2 Å². The molecule has 2 N–H and O–H groups in total. The molecule has 1 saturated carbocycles. The zero-order chi connectivity index (χ0) is 18.3. The fourth-order valence-corrected chi connectivity index (χ4v) is 4.38. The van der Waals surface area contributed by atoms with Crippen molar-refractivity contribution < 1.29 is 13.2 Å². The summed E-state index contributed by atoms with van der Waals surface area (Å²) < 4.78 is 27.3. The van der Waals surface area contributed by atoms with E-state index in [9.17, 15) is 13.2 Å². The summed E-state index contributed by atoms with van der Waals surface area (Å²) in [6.45, 7) is 2.44. The number of hydrogen-bond acceptors (Lipinski definition) is 3. The highest BCUT2D eigenvalue weighted by Gasteiger charge is 2.28. The normalized spacial score (nSPS) is 17.5. The lowest BCUT2D eigenvalue weighted by molar-refractivity contribution is -0.114. The molecule has 134 valence electrons. The SMILES string of the molecule is Cc1ccc(C2=C(c3ccc(S(=O)(=O)NC4CC4)cc3)CNC2=O)cc1. The van der Waals surface area contributed by atoms with Crippen LogP contribution < -0.4 is 10.0 Å². The highest BCUT2D eigenvalue weighted by Crippen LogP contribution is 2.31. The molecule has 0 spiro atoms. The second-order valence-corrected chi connectivity index (χ2v) is 8.54. The minimum Gasteiger partial charge on any atom is -0.348 e. The number of carbonyl (C=O) groups excluding carboxylic acids is 1. The Bertz CT molecular complexity index is 986. The molecular formula is C20H20N2O3S. The molecule has 0 atom stereocenters. The van der Waals surface area contributed by atoms with Crippen molar-refractivity contribution in [3.8, 4) is 0 Å². The average molecular weight is 368 g/mol. The molecular weight excluding hydrogens is 348 g/mol. The average Bonchev–Trinajstić information content (AvgIpc) is 3.34. The van der Waals surface area contributed by atoms with Gasteiger partial charge >= 0.3 is 0 Å². The van der Waals surface area contributed by atoms with Crippen LogP contribution in [0, 0.1) is 6.92 Å². The van der Waals surface area contributed by atoms with Crippen LogP contribution in [0.2, 0.25) is 0 Å². The first-order chi connectivity index (χ1) is 12.4. The summed E-state index contributed by atoms with van der Waals surface area (Å²) in [6, 6.07) is 14.6. The van der Waals surface area contributed by atoms with Gasteiger partial charge in [0.05, 0.1) is 10.5 Å². The summed E-state index contributed by atoms with van der Waals surface area (Å²) in [6.07, 6.45) is 1.80. The number of hydrogen-bond donors (Lipinski definition) is 2. The van der Waals surface area contributed by atoms with E-state index in [1.54, 1.807) is 24.3 Å². The highest BCUT2D eigenvalue weighted by atomic mass is 32.2. The largest absolute Gasteiger partial charge is 0.348 e. The number of rotatable bonds is 5. The third-order valence-corrected chi connectivity index (χ3v) is 6.24. The van der Waals surface area contributed by atoms with Crippen LogP contribution in [-0.4, -0.2) is 26.9 Å². The van der Waals surface area contributed by atoms with Crippen molar-refractivity contribution in [2.45, 2.75) is 30.7 Å². The van der Waals surface area contributed by atoms with Gasteiger partial charge in [-0.15, -0.1) is 0 Å². The fraction of sp³-hybridized carbons (Fsp3) is 0.250. The second-order valence-electron chi connectivity index (χ2n) is 6.82. The predicted octanol–water partition coefficient (Wildman–Crippen LogP) is 2.48. The topological polar surface area (TPSA) is 75.3 Å². The number of amides is 1. The first-order valence-corrected chi connectivity index (χ1v) is 10.1. The number of benzene rings is 2. The van der Waals surface area contributed by atoms with Crippen LogP contribution in [-0.2, 0) is 14.8 Å². The van der Waals surface area contributed by atoms with Gasteiger partial charge in [0.2, 0.25) is 10.0 Å². The van der Waals surface area contributed by atoms with E-state index in [0.29, 0.717) is 12.1 Å². The molecule has 5 nitrogen and oxygen atoms in total. The zero-order valence-corrected chi connectivity index (χ0v) is 15.3. The van der Waals surface area contributed by atoms with Gasteiger partial charge in [-0.05, 0) is 48.6 Å². The Morgan fingerprint density at radius 1 is 0.962 bits per heavy atom. The van der Waals surface area contributed by atoms with Crippen molar-refractivity contribution in [3.63, 3.8) is 0 Å². The molecule has 0 bridgehead atoms. The number of carbonyl (C=O) groups is 1. The predicted molar refractivity (Wildman–Crippen MR) is 101 cm³/mol. The molecule has 2 aromatic rings. The summed E-state index contributed by atoms with van der Waals surface area (Å²) in [4.78, 5) is 12.6. The maximum atomic E-state index is 12.3. The van der Waals surface area contributed by atoms with Gasteiger partial charge in [-0.25, -0.2) is 13.1 Å². The van der Waals surface area contributed by atoms with Crippen LogP contribution in [0.3, 0.4) is 0 Å². The van der Waals surface area contributed by atoms with Crippen LogP contribution in [0.1, 0.15) is 29.5 Å². The van der Waals surface area contributed by atoms with Crippen LogP contribution in [0.4, 0.5) is 0 Å².